The Bertz CT molecular complexity index is 1230. The number of methoxy groups -OCH3 is 1. The van der Waals surface area contributed by atoms with Crippen molar-refractivity contribution >= 4 is 58.1 Å². The first kappa shape index (κ1) is 28.1. The zero-order valence-corrected chi connectivity index (χ0v) is 22.2. The van der Waals surface area contributed by atoms with Crippen LogP contribution in [-0.2, 0) is 14.3 Å². The summed E-state index contributed by atoms with van der Waals surface area (Å²) in [6.07, 6.45) is 3.14. The summed E-state index contributed by atoms with van der Waals surface area (Å²) in [5.74, 6) is -0.748. The largest absolute Gasteiger partial charge is 0.493 e. The monoisotopic (exact) mass is 546 g/mol. The first-order valence-electron chi connectivity index (χ1n) is 11.6. The first-order valence-corrected chi connectivity index (χ1v) is 12.8. The molecule has 1 saturated heterocycles. The highest BCUT2D eigenvalue weighted by molar-refractivity contribution is 8.18. The van der Waals surface area contributed by atoms with Gasteiger partial charge in [0.25, 0.3) is 11.1 Å². The molecule has 0 aliphatic carbocycles. The van der Waals surface area contributed by atoms with Crippen molar-refractivity contribution in [1.82, 2.24) is 4.90 Å². The lowest BCUT2D eigenvalue weighted by molar-refractivity contribution is -0.127. The van der Waals surface area contributed by atoms with Gasteiger partial charge < -0.3 is 19.5 Å². The molecule has 0 aromatic heterocycles. The van der Waals surface area contributed by atoms with Gasteiger partial charge in [0.15, 0.2) is 11.5 Å². The van der Waals surface area contributed by atoms with Crippen molar-refractivity contribution in [1.29, 1.82) is 0 Å². The second-order valence-electron chi connectivity index (χ2n) is 7.84. The van der Waals surface area contributed by atoms with Crippen LogP contribution in [-0.4, -0.2) is 54.8 Å². The molecular weight excluding hydrogens is 520 g/mol. The van der Waals surface area contributed by atoms with Crippen LogP contribution in [0.3, 0.4) is 0 Å². The summed E-state index contributed by atoms with van der Waals surface area (Å²) in [6.45, 7) is 4.07. The molecule has 2 aromatic carbocycles. The SMILES string of the molecule is CCCCOC(=O)c1cc(NC(=O)CN2C(=O)S/C(=C/c3ccc(OCC)c(OC)c3)C2=O)ccc1Cl. The van der Waals surface area contributed by atoms with Crippen molar-refractivity contribution in [2.24, 2.45) is 0 Å². The van der Waals surface area contributed by atoms with Gasteiger partial charge in [-0.25, -0.2) is 4.79 Å². The minimum atomic E-state index is -0.612. The lowest BCUT2D eigenvalue weighted by Gasteiger charge is -2.13. The molecule has 0 saturated carbocycles. The number of esters is 1. The number of amides is 3. The Morgan fingerprint density at radius 1 is 1.11 bits per heavy atom. The van der Waals surface area contributed by atoms with Crippen molar-refractivity contribution in [3.05, 3.63) is 57.5 Å². The summed E-state index contributed by atoms with van der Waals surface area (Å²) >= 11 is 6.85. The molecule has 9 nitrogen and oxygen atoms in total. The molecule has 0 radical (unpaired) electrons. The lowest BCUT2D eigenvalue weighted by atomic mass is 10.2. The van der Waals surface area contributed by atoms with E-state index in [1.54, 1.807) is 24.3 Å². The summed E-state index contributed by atoms with van der Waals surface area (Å²) < 4.78 is 16.0. The number of hydrogen-bond donors (Lipinski definition) is 1. The van der Waals surface area contributed by atoms with Crippen LogP contribution in [0.4, 0.5) is 10.5 Å². The number of ether oxygens (including phenoxy) is 3. The number of unbranched alkanes of at least 4 members (excludes halogenated alkanes) is 1. The molecule has 1 fully saturated rings. The summed E-state index contributed by atoms with van der Waals surface area (Å²) in [7, 11) is 1.51. The zero-order chi connectivity index (χ0) is 26.9. The highest BCUT2D eigenvalue weighted by atomic mass is 35.5. The van der Waals surface area contributed by atoms with Crippen LogP contribution in [0.2, 0.25) is 5.02 Å². The Labute approximate surface area is 224 Å². The first-order chi connectivity index (χ1) is 17.8. The number of carbonyl (C=O) groups is 4. The molecule has 37 heavy (non-hydrogen) atoms. The number of rotatable bonds is 11. The molecule has 1 aliphatic rings. The van der Waals surface area contributed by atoms with Crippen LogP contribution in [0.25, 0.3) is 6.08 Å². The topological polar surface area (TPSA) is 111 Å². The number of benzene rings is 2. The van der Waals surface area contributed by atoms with Crippen LogP contribution < -0.4 is 14.8 Å². The smallest absolute Gasteiger partial charge is 0.339 e. The molecular formula is C26H27ClN2O7S. The van der Waals surface area contributed by atoms with E-state index in [2.05, 4.69) is 5.32 Å². The van der Waals surface area contributed by atoms with Crippen molar-refractivity contribution in [2.75, 3.05) is 32.2 Å². The van der Waals surface area contributed by atoms with Gasteiger partial charge in [0.1, 0.15) is 6.54 Å². The molecule has 3 amide bonds. The highest BCUT2D eigenvalue weighted by Gasteiger charge is 2.36. The van der Waals surface area contributed by atoms with E-state index in [0.29, 0.717) is 23.7 Å². The van der Waals surface area contributed by atoms with Gasteiger partial charge >= 0.3 is 5.97 Å². The molecule has 3 rings (SSSR count). The van der Waals surface area contributed by atoms with E-state index in [1.165, 1.54) is 25.3 Å². The molecule has 2 aromatic rings. The highest BCUT2D eigenvalue weighted by Crippen LogP contribution is 2.34. The molecule has 0 bridgehead atoms. The third kappa shape index (κ3) is 7.27. The average molecular weight is 547 g/mol. The van der Waals surface area contributed by atoms with Crippen molar-refractivity contribution in [3.8, 4) is 11.5 Å². The van der Waals surface area contributed by atoms with Crippen molar-refractivity contribution in [3.63, 3.8) is 0 Å². The minimum absolute atomic E-state index is 0.107. The van der Waals surface area contributed by atoms with Gasteiger partial charge in [-0.2, -0.15) is 0 Å². The van der Waals surface area contributed by atoms with Crippen LogP contribution in [0.15, 0.2) is 41.3 Å². The second kappa shape index (κ2) is 13.2. The number of thioether (sulfide) groups is 1. The van der Waals surface area contributed by atoms with Gasteiger partial charge in [-0.3, -0.25) is 19.3 Å². The number of nitrogens with one attached hydrogen (secondary N) is 1. The van der Waals surface area contributed by atoms with Crippen molar-refractivity contribution in [2.45, 2.75) is 26.7 Å². The summed E-state index contributed by atoms with van der Waals surface area (Å²) in [6, 6.07) is 9.50. The Kier molecular flexibility index (Phi) is 9.99. The lowest BCUT2D eigenvalue weighted by Crippen LogP contribution is -2.36. The quantitative estimate of drug-likeness (QED) is 0.227. The predicted octanol–water partition coefficient (Wildman–Crippen LogP) is 5.38. The number of imide groups is 1. The van der Waals surface area contributed by atoms with Crippen LogP contribution in [0, 0.1) is 0 Å². The second-order valence-corrected chi connectivity index (χ2v) is 9.24. The van der Waals surface area contributed by atoms with Gasteiger partial charge in [-0.05, 0) is 67.1 Å². The molecule has 1 heterocycles. The standard InChI is InChI=1S/C26H27ClN2O7S/c1-4-6-11-36-25(32)18-14-17(8-9-19(18)27)28-23(30)15-29-24(31)22(37-26(29)33)13-16-7-10-20(35-5-2)21(12-16)34-3/h7-10,12-14H,4-6,11,15H2,1-3H3,(H,28,30)/b22-13+. The van der Waals surface area contributed by atoms with E-state index in [0.717, 1.165) is 29.5 Å². The fourth-order valence-electron chi connectivity index (χ4n) is 3.33. The molecule has 11 heteroatoms. The molecule has 0 unspecified atom stereocenters. The van der Waals surface area contributed by atoms with Crippen LogP contribution in [0.1, 0.15) is 42.6 Å². The Hall–Kier alpha value is -3.50. The number of nitrogens with zero attached hydrogens (tertiary/aromatic N) is 1. The van der Waals surface area contributed by atoms with Gasteiger partial charge in [0.05, 0.1) is 35.8 Å². The maximum atomic E-state index is 12.8. The van der Waals surface area contributed by atoms with E-state index >= 15 is 0 Å². The molecule has 1 N–H and O–H groups in total. The summed E-state index contributed by atoms with van der Waals surface area (Å²) in [5, 5.41) is 2.20. The third-order valence-corrected chi connectivity index (χ3v) is 6.40. The number of anilines is 1. The average Bonchev–Trinajstić information content (AvgIpc) is 3.13. The molecule has 0 atom stereocenters. The van der Waals surface area contributed by atoms with Crippen LogP contribution in [0.5, 0.6) is 11.5 Å². The Morgan fingerprint density at radius 3 is 2.59 bits per heavy atom. The van der Waals surface area contributed by atoms with Gasteiger partial charge in [-0.15, -0.1) is 0 Å². The number of halogens is 1. The van der Waals surface area contributed by atoms with Gasteiger partial charge in [-0.1, -0.05) is 31.0 Å². The zero-order valence-electron chi connectivity index (χ0n) is 20.7. The number of carbonyl (C=O) groups excluding carboxylic acids is 4. The molecule has 1 aliphatic heterocycles. The normalized spacial score (nSPS) is 14.2. The maximum Gasteiger partial charge on any atom is 0.339 e. The van der Waals surface area contributed by atoms with E-state index in [-0.39, 0.29) is 27.8 Å². The minimum Gasteiger partial charge on any atom is -0.493 e. The Morgan fingerprint density at radius 2 is 1.89 bits per heavy atom. The predicted molar refractivity (Wildman–Crippen MR) is 142 cm³/mol. The molecule has 0 spiro atoms. The van der Waals surface area contributed by atoms with E-state index in [4.69, 9.17) is 25.8 Å². The van der Waals surface area contributed by atoms with E-state index in [9.17, 15) is 19.2 Å². The third-order valence-electron chi connectivity index (χ3n) is 5.16. The van der Waals surface area contributed by atoms with E-state index in [1.807, 2.05) is 13.8 Å². The molecule has 196 valence electrons. The Balaban J connectivity index is 1.67. The van der Waals surface area contributed by atoms with E-state index < -0.39 is 29.6 Å². The van der Waals surface area contributed by atoms with Gasteiger partial charge in [0.2, 0.25) is 5.91 Å². The van der Waals surface area contributed by atoms with Crippen molar-refractivity contribution < 1.29 is 33.4 Å². The fourth-order valence-corrected chi connectivity index (χ4v) is 4.36. The number of hydrogen-bond acceptors (Lipinski definition) is 8. The maximum absolute atomic E-state index is 12.8. The summed E-state index contributed by atoms with van der Waals surface area (Å²) in [5.41, 5.74) is 1.02. The van der Waals surface area contributed by atoms with Crippen LogP contribution >= 0.6 is 23.4 Å². The summed E-state index contributed by atoms with van der Waals surface area (Å²) in [4.78, 5) is 51.2. The fraction of sp³-hybridized carbons (Fsp3) is 0.308. The van der Waals surface area contributed by atoms with Gasteiger partial charge in [0, 0.05) is 5.69 Å².